The number of rotatable bonds is 9. The average molecular weight is 397 g/mol. The molecule has 1 atom stereocenters. The largest absolute Gasteiger partial charge is 0.466 e. The summed E-state index contributed by atoms with van der Waals surface area (Å²) in [6.45, 7) is 1.84. The number of benzene rings is 1. The van der Waals surface area contributed by atoms with Crippen molar-refractivity contribution < 1.29 is 33.5 Å². The molecule has 0 fully saturated rings. The van der Waals surface area contributed by atoms with E-state index in [-0.39, 0.29) is 37.7 Å². The lowest BCUT2D eigenvalue weighted by molar-refractivity contribution is -0.154. The van der Waals surface area contributed by atoms with Crippen molar-refractivity contribution in [3.63, 3.8) is 0 Å². The second-order valence-electron chi connectivity index (χ2n) is 6.42. The molecule has 0 radical (unpaired) electrons. The maximum atomic E-state index is 13.8. The van der Waals surface area contributed by atoms with Crippen molar-refractivity contribution in [2.45, 2.75) is 39.2 Å². The number of nitrogens with one attached hydrogen (secondary N) is 2. The number of carbonyl (C=O) groups excluding carboxylic acids is 3. The van der Waals surface area contributed by atoms with Gasteiger partial charge >= 0.3 is 0 Å². The highest BCUT2D eigenvalue weighted by Gasteiger charge is 2.24. The normalized spacial score (nSPS) is 13.7. The Balaban J connectivity index is 2.02. The zero-order chi connectivity index (χ0) is 20.5. The molecule has 0 unspecified atom stereocenters. The highest BCUT2D eigenvalue weighted by Crippen LogP contribution is 2.29. The molecule has 0 saturated heterocycles. The molecule has 0 spiro atoms. The molecule has 3 amide bonds. The van der Waals surface area contributed by atoms with Gasteiger partial charge in [0.1, 0.15) is 11.6 Å². The Hall–Kier alpha value is -2.72. The Morgan fingerprint density at radius 3 is 2.86 bits per heavy atom. The topological polar surface area (TPSA) is 117 Å². The Morgan fingerprint density at radius 2 is 2.14 bits per heavy atom. The summed E-state index contributed by atoms with van der Waals surface area (Å²) >= 11 is 0. The van der Waals surface area contributed by atoms with Gasteiger partial charge in [-0.25, -0.2) is 9.45 Å². The van der Waals surface area contributed by atoms with Gasteiger partial charge in [0.05, 0.1) is 24.6 Å². The number of halogens is 1. The molecule has 0 bridgehead atoms. The first-order chi connectivity index (χ1) is 13.5. The molecule has 0 saturated carbocycles. The van der Waals surface area contributed by atoms with Crippen LogP contribution in [0.1, 0.15) is 48.5 Å². The molecular weight excluding hydrogens is 373 g/mol. The van der Waals surface area contributed by atoms with E-state index in [2.05, 4.69) is 10.9 Å². The minimum absolute atomic E-state index is 0.0667. The molecule has 1 aromatic rings. The Kier molecular flexibility index (Phi) is 8.15. The Bertz CT molecular complexity index is 715. The van der Waals surface area contributed by atoms with Crippen LogP contribution in [0.5, 0.6) is 5.75 Å². The van der Waals surface area contributed by atoms with Crippen molar-refractivity contribution in [1.82, 2.24) is 15.9 Å². The fourth-order valence-corrected chi connectivity index (χ4v) is 2.85. The zero-order valence-corrected chi connectivity index (χ0v) is 15.6. The van der Waals surface area contributed by atoms with E-state index in [1.54, 1.807) is 0 Å². The van der Waals surface area contributed by atoms with Crippen molar-refractivity contribution in [3.8, 4) is 5.75 Å². The van der Waals surface area contributed by atoms with Crippen LogP contribution in [0.25, 0.3) is 0 Å². The highest BCUT2D eigenvalue weighted by atomic mass is 19.1. The standard InChI is InChI=1S/C18H24FN3O6/c1-2-3-4-5-12(8-22(26)10-23)17(24)20-21-18(25)15-7-14(19)6-13-9-27-11-28-16(13)15/h6-7,10,12,26H,2-5,8-9,11H2,1H3,(H,20,24)(H,21,25)/t12-/m1/s1. The first kappa shape index (κ1) is 21.6. The van der Waals surface area contributed by atoms with E-state index < -0.39 is 23.5 Å². The van der Waals surface area contributed by atoms with Crippen molar-refractivity contribution in [2.24, 2.45) is 5.92 Å². The van der Waals surface area contributed by atoms with E-state index in [1.807, 2.05) is 6.92 Å². The van der Waals surface area contributed by atoms with E-state index in [0.717, 1.165) is 25.3 Å². The quantitative estimate of drug-likeness (QED) is 0.252. The van der Waals surface area contributed by atoms with Crippen molar-refractivity contribution in [3.05, 3.63) is 29.1 Å². The maximum absolute atomic E-state index is 13.8. The zero-order valence-electron chi connectivity index (χ0n) is 15.6. The lowest BCUT2D eigenvalue weighted by atomic mass is 10.0. The van der Waals surface area contributed by atoms with Crippen LogP contribution >= 0.6 is 0 Å². The second-order valence-corrected chi connectivity index (χ2v) is 6.42. The van der Waals surface area contributed by atoms with E-state index in [4.69, 9.17) is 9.47 Å². The number of hydrazine groups is 1. The molecule has 154 valence electrons. The van der Waals surface area contributed by atoms with Crippen LogP contribution in [0.3, 0.4) is 0 Å². The van der Waals surface area contributed by atoms with Gasteiger partial charge in [-0.1, -0.05) is 26.2 Å². The summed E-state index contributed by atoms with van der Waals surface area (Å²) < 4.78 is 24.1. The summed E-state index contributed by atoms with van der Waals surface area (Å²) in [7, 11) is 0. The summed E-state index contributed by atoms with van der Waals surface area (Å²) in [6, 6.07) is 2.22. The molecule has 3 N–H and O–H groups in total. The number of fused-ring (bicyclic) bond motifs is 1. The number of unbranched alkanes of at least 4 members (excludes halogenated alkanes) is 2. The fraction of sp³-hybridized carbons (Fsp3) is 0.500. The van der Waals surface area contributed by atoms with Gasteiger partial charge in [0.2, 0.25) is 12.3 Å². The molecule has 1 aromatic carbocycles. The predicted molar refractivity (Wildman–Crippen MR) is 94.5 cm³/mol. The number of carbonyl (C=O) groups is 3. The average Bonchev–Trinajstić information content (AvgIpc) is 2.70. The third-order valence-electron chi connectivity index (χ3n) is 4.27. The molecule has 9 nitrogen and oxygen atoms in total. The molecule has 10 heteroatoms. The summed E-state index contributed by atoms with van der Waals surface area (Å²) in [6.07, 6.45) is 3.18. The number of nitrogens with zero attached hydrogens (tertiary/aromatic N) is 1. The SMILES string of the molecule is CCCCC[C@H](CN(O)C=O)C(=O)NNC(=O)c1cc(F)cc2c1OCOC2. The lowest BCUT2D eigenvalue weighted by Gasteiger charge is -2.22. The predicted octanol–water partition coefficient (Wildman–Crippen LogP) is 1.50. The molecule has 0 aliphatic carbocycles. The van der Waals surface area contributed by atoms with Crippen LogP contribution in [0.2, 0.25) is 0 Å². The molecule has 2 rings (SSSR count). The van der Waals surface area contributed by atoms with Crippen LogP contribution in [0.4, 0.5) is 4.39 Å². The van der Waals surface area contributed by atoms with E-state index >= 15 is 0 Å². The molecular formula is C18H24FN3O6. The minimum Gasteiger partial charge on any atom is -0.466 e. The van der Waals surface area contributed by atoms with Gasteiger partial charge in [-0.3, -0.25) is 30.4 Å². The van der Waals surface area contributed by atoms with Crippen LogP contribution in [0.15, 0.2) is 12.1 Å². The summed E-state index contributed by atoms with van der Waals surface area (Å²) in [5.41, 5.74) is 4.81. The Labute approximate surface area is 161 Å². The molecule has 1 aliphatic rings. The lowest BCUT2D eigenvalue weighted by Crippen LogP contribution is -2.47. The molecule has 1 heterocycles. The van der Waals surface area contributed by atoms with E-state index in [9.17, 15) is 24.0 Å². The number of hydrogen-bond donors (Lipinski definition) is 3. The van der Waals surface area contributed by atoms with Crippen LogP contribution < -0.4 is 15.6 Å². The van der Waals surface area contributed by atoms with Crippen molar-refractivity contribution in [1.29, 1.82) is 0 Å². The van der Waals surface area contributed by atoms with Crippen LogP contribution in [-0.4, -0.2) is 41.8 Å². The minimum atomic E-state index is -0.755. The third kappa shape index (κ3) is 5.89. The smallest absolute Gasteiger partial charge is 0.273 e. The number of hydroxylamine groups is 2. The number of hydrogen-bond acceptors (Lipinski definition) is 6. The van der Waals surface area contributed by atoms with Crippen molar-refractivity contribution >= 4 is 18.2 Å². The van der Waals surface area contributed by atoms with Gasteiger partial charge < -0.3 is 9.47 Å². The number of ether oxygens (including phenoxy) is 2. The first-order valence-electron chi connectivity index (χ1n) is 9.00. The number of amides is 3. The summed E-state index contributed by atoms with van der Waals surface area (Å²) in [5.74, 6) is -2.48. The monoisotopic (exact) mass is 397 g/mol. The molecule has 28 heavy (non-hydrogen) atoms. The van der Waals surface area contributed by atoms with E-state index in [0.29, 0.717) is 17.0 Å². The van der Waals surface area contributed by atoms with Gasteiger partial charge in [0.25, 0.3) is 5.91 Å². The first-order valence-corrected chi connectivity index (χ1v) is 9.00. The highest BCUT2D eigenvalue weighted by molar-refractivity contribution is 5.98. The van der Waals surface area contributed by atoms with Gasteiger partial charge in [0, 0.05) is 5.56 Å². The Morgan fingerprint density at radius 1 is 1.36 bits per heavy atom. The molecule has 0 aromatic heterocycles. The summed E-state index contributed by atoms with van der Waals surface area (Å²) in [5, 5.41) is 9.76. The van der Waals surface area contributed by atoms with Gasteiger partial charge in [-0.05, 0) is 18.6 Å². The summed E-state index contributed by atoms with van der Waals surface area (Å²) in [4.78, 5) is 35.4. The van der Waals surface area contributed by atoms with Crippen LogP contribution in [0, 0.1) is 11.7 Å². The van der Waals surface area contributed by atoms with Gasteiger partial charge in [-0.2, -0.15) is 0 Å². The van der Waals surface area contributed by atoms with E-state index in [1.165, 1.54) is 6.07 Å². The van der Waals surface area contributed by atoms with Gasteiger partial charge in [0.15, 0.2) is 6.79 Å². The fourth-order valence-electron chi connectivity index (χ4n) is 2.85. The van der Waals surface area contributed by atoms with Crippen molar-refractivity contribution in [2.75, 3.05) is 13.3 Å². The molecule has 1 aliphatic heterocycles. The van der Waals surface area contributed by atoms with Crippen LogP contribution in [-0.2, 0) is 20.9 Å². The van der Waals surface area contributed by atoms with Gasteiger partial charge in [-0.15, -0.1) is 0 Å². The third-order valence-corrected chi connectivity index (χ3v) is 4.27. The maximum Gasteiger partial charge on any atom is 0.273 e. The second kappa shape index (κ2) is 10.6.